The second kappa shape index (κ2) is 8.16. The predicted octanol–water partition coefficient (Wildman–Crippen LogP) is 5.02. The molecule has 1 amide bonds. The predicted molar refractivity (Wildman–Crippen MR) is 130 cm³/mol. The summed E-state index contributed by atoms with van der Waals surface area (Å²) in [5.74, 6) is -2.35. The maximum atomic E-state index is 13.8. The molecule has 1 aliphatic heterocycles. The minimum atomic E-state index is -0.942. The molecule has 1 aliphatic rings. The fourth-order valence-corrected chi connectivity index (χ4v) is 4.28. The van der Waals surface area contributed by atoms with E-state index in [-0.39, 0.29) is 22.7 Å². The molecule has 176 valence electrons. The average molecular weight is 471 g/mol. The van der Waals surface area contributed by atoms with Gasteiger partial charge in [0.15, 0.2) is 0 Å². The summed E-state index contributed by atoms with van der Waals surface area (Å²) in [5.41, 5.74) is 2.74. The zero-order chi connectivity index (χ0) is 24.9. The Kier molecular flexibility index (Phi) is 5.24. The Hall–Kier alpha value is -4.33. The number of fused-ring (bicyclic) bond motifs is 1. The lowest BCUT2D eigenvalue weighted by Gasteiger charge is -2.24. The summed E-state index contributed by atoms with van der Waals surface area (Å²) >= 11 is 0. The zero-order valence-electron chi connectivity index (χ0n) is 19.4. The third kappa shape index (κ3) is 3.86. The van der Waals surface area contributed by atoms with Crippen molar-refractivity contribution in [3.05, 3.63) is 95.1 Å². The molecule has 3 heterocycles. The molecular formula is C27H23FN4O3. The number of ketones is 1. The molecule has 1 saturated heterocycles. The first kappa shape index (κ1) is 22.5. The summed E-state index contributed by atoms with van der Waals surface area (Å²) in [7, 11) is 0. The van der Waals surface area contributed by atoms with E-state index in [0.29, 0.717) is 22.2 Å². The third-order valence-electron chi connectivity index (χ3n) is 6.15. The van der Waals surface area contributed by atoms with Crippen LogP contribution < -0.4 is 4.90 Å². The molecule has 0 saturated carbocycles. The maximum Gasteiger partial charge on any atom is 0.302 e. The first-order chi connectivity index (χ1) is 16.6. The maximum absolute atomic E-state index is 13.8. The minimum Gasteiger partial charge on any atom is -0.507 e. The smallest absolute Gasteiger partial charge is 0.302 e. The number of hydrogen-bond donors (Lipinski definition) is 2. The van der Waals surface area contributed by atoms with Crippen LogP contribution in [0.4, 0.5) is 10.3 Å². The largest absolute Gasteiger partial charge is 0.507 e. The highest BCUT2D eigenvalue weighted by molar-refractivity contribution is 6.51. The van der Waals surface area contributed by atoms with Crippen molar-refractivity contribution in [3.63, 3.8) is 0 Å². The summed E-state index contributed by atoms with van der Waals surface area (Å²) in [4.78, 5) is 39.1. The fourth-order valence-electron chi connectivity index (χ4n) is 4.28. The number of halogens is 1. The van der Waals surface area contributed by atoms with Gasteiger partial charge in [-0.25, -0.2) is 9.37 Å². The molecule has 4 aromatic rings. The monoisotopic (exact) mass is 470 g/mol. The molecule has 0 aliphatic carbocycles. The van der Waals surface area contributed by atoms with E-state index in [0.717, 1.165) is 5.56 Å². The summed E-state index contributed by atoms with van der Waals surface area (Å²) in [6.07, 6.45) is 2.98. The van der Waals surface area contributed by atoms with Gasteiger partial charge in [-0.15, -0.1) is 0 Å². The first-order valence-corrected chi connectivity index (χ1v) is 11.1. The third-order valence-corrected chi connectivity index (χ3v) is 6.15. The van der Waals surface area contributed by atoms with Gasteiger partial charge in [-0.1, -0.05) is 45.0 Å². The molecule has 2 aromatic heterocycles. The van der Waals surface area contributed by atoms with Crippen LogP contribution in [0.3, 0.4) is 0 Å². The van der Waals surface area contributed by atoms with E-state index in [9.17, 15) is 19.1 Å². The number of rotatable bonds is 3. The van der Waals surface area contributed by atoms with Gasteiger partial charge >= 0.3 is 5.91 Å². The van der Waals surface area contributed by atoms with Crippen molar-refractivity contribution in [2.24, 2.45) is 0 Å². The summed E-state index contributed by atoms with van der Waals surface area (Å²) in [5, 5.41) is 11.1. The average Bonchev–Trinajstić information content (AvgIpc) is 3.36. The Labute approximate surface area is 201 Å². The molecule has 8 heteroatoms. The highest BCUT2D eigenvalue weighted by Gasteiger charge is 2.48. The van der Waals surface area contributed by atoms with Crippen LogP contribution >= 0.6 is 0 Å². The van der Waals surface area contributed by atoms with E-state index in [2.05, 4.69) is 35.7 Å². The number of H-pyrrole nitrogens is 1. The zero-order valence-corrected chi connectivity index (χ0v) is 19.4. The Bertz CT molecular complexity index is 1480. The highest BCUT2D eigenvalue weighted by Crippen LogP contribution is 2.42. The number of aliphatic hydroxyl groups is 1. The lowest BCUT2D eigenvalue weighted by Crippen LogP contribution is -2.30. The number of nitrogens with zero attached hydrogens (tertiary/aromatic N) is 3. The number of Topliss-reactive ketones (excluding diaryl/α,β-unsaturated/α-hetero) is 1. The van der Waals surface area contributed by atoms with Gasteiger partial charge < -0.3 is 10.1 Å². The Balaban J connectivity index is 1.72. The topological polar surface area (TPSA) is 99.2 Å². The second-order valence-electron chi connectivity index (χ2n) is 9.50. The van der Waals surface area contributed by atoms with Crippen molar-refractivity contribution in [1.29, 1.82) is 0 Å². The van der Waals surface area contributed by atoms with Crippen LogP contribution in [0.25, 0.3) is 16.8 Å². The van der Waals surface area contributed by atoms with E-state index >= 15 is 0 Å². The number of aliphatic hydroxyl groups excluding tert-OH is 1. The van der Waals surface area contributed by atoms with E-state index in [1.54, 1.807) is 12.1 Å². The molecule has 0 spiro atoms. The molecule has 35 heavy (non-hydrogen) atoms. The molecule has 7 nitrogen and oxygen atoms in total. The van der Waals surface area contributed by atoms with Crippen molar-refractivity contribution < 1.29 is 19.1 Å². The van der Waals surface area contributed by atoms with Gasteiger partial charge in [0.25, 0.3) is 5.78 Å². The van der Waals surface area contributed by atoms with Crippen LogP contribution in [0.15, 0.2) is 72.6 Å². The number of aromatic nitrogens is 3. The Morgan fingerprint density at radius 2 is 1.71 bits per heavy atom. The number of hydrogen-bond acceptors (Lipinski definition) is 5. The van der Waals surface area contributed by atoms with E-state index in [4.69, 9.17) is 0 Å². The number of carbonyl (C=O) groups excluding carboxylic acids is 2. The lowest BCUT2D eigenvalue weighted by atomic mass is 9.85. The summed E-state index contributed by atoms with van der Waals surface area (Å²) < 4.78 is 13.8. The first-order valence-electron chi connectivity index (χ1n) is 11.1. The molecular weight excluding hydrogens is 447 g/mol. The van der Waals surface area contributed by atoms with Crippen molar-refractivity contribution in [1.82, 2.24) is 15.0 Å². The van der Waals surface area contributed by atoms with Crippen LogP contribution in [-0.4, -0.2) is 31.7 Å². The van der Waals surface area contributed by atoms with Crippen molar-refractivity contribution in [2.75, 3.05) is 4.90 Å². The minimum absolute atomic E-state index is 0.0589. The quantitative estimate of drug-likeness (QED) is 0.249. The van der Waals surface area contributed by atoms with E-state index < -0.39 is 23.5 Å². The van der Waals surface area contributed by atoms with Gasteiger partial charge in [0.1, 0.15) is 11.6 Å². The normalized spacial score (nSPS) is 17.9. The van der Waals surface area contributed by atoms with Crippen LogP contribution in [0, 0.1) is 5.82 Å². The SMILES string of the molecule is CC(C)(C)c1ccc(C2/C(=C(\O)c3ccncc3)C(=O)C(=O)N2c2nc3ccc(F)cc3[nH]2)cc1. The van der Waals surface area contributed by atoms with Gasteiger partial charge in [-0.2, -0.15) is 0 Å². The molecule has 1 atom stereocenters. The van der Waals surface area contributed by atoms with Crippen LogP contribution in [0.1, 0.15) is 43.5 Å². The standard InChI is InChI=1S/C27H23FN4O3/c1-27(2,3)17-6-4-15(5-7-17)22-21(23(33)16-10-12-29-13-11-16)24(34)25(35)32(22)26-30-19-9-8-18(28)14-20(19)31-26/h4-14,22,33H,1-3H3,(H,30,31)/b23-21+. The molecule has 2 aromatic carbocycles. The number of pyridine rings is 1. The summed E-state index contributed by atoms with van der Waals surface area (Å²) in [6.45, 7) is 6.27. The molecule has 2 N–H and O–H groups in total. The van der Waals surface area contributed by atoms with Gasteiger partial charge in [-0.05, 0) is 46.9 Å². The number of nitrogens with one attached hydrogen (secondary N) is 1. The van der Waals surface area contributed by atoms with Crippen molar-refractivity contribution in [3.8, 4) is 0 Å². The number of benzene rings is 2. The van der Waals surface area contributed by atoms with Crippen LogP contribution in [-0.2, 0) is 15.0 Å². The molecule has 1 fully saturated rings. The number of anilines is 1. The molecule has 0 radical (unpaired) electrons. The van der Waals surface area contributed by atoms with Gasteiger partial charge in [-0.3, -0.25) is 19.5 Å². The number of amides is 1. The van der Waals surface area contributed by atoms with E-state index in [1.807, 2.05) is 24.3 Å². The number of aromatic amines is 1. The highest BCUT2D eigenvalue weighted by atomic mass is 19.1. The van der Waals surface area contributed by atoms with Crippen LogP contribution in [0.2, 0.25) is 0 Å². The number of imidazole rings is 1. The Morgan fingerprint density at radius 3 is 2.37 bits per heavy atom. The van der Waals surface area contributed by atoms with Gasteiger partial charge in [0.05, 0.1) is 22.6 Å². The molecule has 0 bridgehead atoms. The summed E-state index contributed by atoms with van der Waals surface area (Å²) in [6, 6.07) is 13.8. The number of carbonyl (C=O) groups is 2. The molecule has 5 rings (SSSR count). The van der Waals surface area contributed by atoms with Crippen molar-refractivity contribution in [2.45, 2.75) is 32.2 Å². The van der Waals surface area contributed by atoms with E-state index in [1.165, 1.54) is 35.5 Å². The van der Waals surface area contributed by atoms with Gasteiger partial charge in [0.2, 0.25) is 5.95 Å². The lowest BCUT2D eigenvalue weighted by molar-refractivity contribution is -0.132. The fraction of sp³-hybridized carbons (Fsp3) is 0.185. The molecule has 1 unspecified atom stereocenters. The Morgan fingerprint density at radius 1 is 1.03 bits per heavy atom. The van der Waals surface area contributed by atoms with Crippen molar-refractivity contribution >= 4 is 34.4 Å². The van der Waals surface area contributed by atoms with Gasteiger partial charge in [0, 0.05) is 18.0 Å². The van der Waals surface area contributed by atoms with Crippen LogP contribution in [0.5, 0.6) is 0 Å². The second-order valence-corrected chi connectivity index (χ2v) is 9.50.